The third-order valence-corrected chi connectivity index (χ3v) is 4.64. The molecule has 1 aliphatic rings. The third kappa shape index (κ3) is 4.47. The zero-order valence-electron chi connectivity index (χ0n) is 12.7. The molecule has 0 aliphatic carbocycles. The Morgan fingerprint density at radius 3 is 2.45 bits per heavy atom. The molecule has 22 heavy (non-hydrogen) atoms. The number of rotatable bonds is 5. The van der Waals surface area contributed by atoms with Crippen LogP contribution in [0.2, 0.25) is 0 Å². The Bertz CT molecular complexity index is 580. The Hall–Kier alpha value is -1.05. The SMILES string of the molecule is C[C@H](c1ccccc1)N1CCC(OS(C)(=O)=O)C[C@@H]1C(F)F. The van der Waals surface area contributed by atoms with Gasteiger partial charge in [-0.25, -0.2) is 8.78 Å². The highest BCUT2D eigenvalue weighted by molar-refractivity contribution is 7.86. The molecule has 0 N–H and O–H groups in total. The maximum Gasteiger partial charge on any atom is 0.264 e. The summed E-state index contributed by atoms with van der Waals surface area (Å²) in [4.78, 5) is 1.74. The van der Waals surface area contributed by atoms with Gasteiger partial charge in [0.25, 0.3) is 16.5 Å². The monoisotopic (exact) mass is 333 g/mol. The van der Waals surface area contributed by atoms with Crippen molar-refractivity contribution in [1.82, 2.24) is 4.90 Å². The average Bonchev–Trinajstić information content (AvgIpc) is 2.45. The lowest BCUT2D eigenvalue weighted by molar-refractivity contribution is -0.0447. The number of piperidine rings is 1. The highest BCUT2D eigenvalue weighted by Crippen LogP contribution is 2.32. The number of likely N-dealkylation sites (tertiary alicyclic amines) is 1. The van der Waals surface area contributed by atoms with E-state index >= 15 is 0 Å². The second-order valence-electron chi connectivity index (χ2n) is 5.67. The molecule has 0 bridgehead atoms. The molecule has 4 nitrogen and oxygen atoms in total. The largest absolute Gasteiger partial charge is 0.288 e. The van der Waals surface area contributed by atoms with Crippen LogP contribution in [0.1, 0.15) is 31.4 Å². The van der Waals surface area contributed by atoms with E-state index in [9.17, 15) is 17.2 Å². The van der Waals surface area contributed by atoms with Crippen LogP contribution in [0, 0.1) is 0 Å². The van der Waals surface area contributed by atoms with Crippen molar-refractivity contribution in [2.75, 3.05) is 12.8 Å². The number of hydrogen-bond acceptors (Lipinski definition) is 4. The van der Waals surface area contributed by atoms with Gasteiger partial charge in [0, 0.05) is 12.6 Å². The molecule has 1 fully saturated rings. The fraction of sp³-hybridized carbons (Fsp3) is 0.600. The molecule has 2 rings (SSSR count). The summed E-state index contributed by atoms with van der Waals surface area (Å²) >= 11 is 0. The number of hydrogen-bond donors (Lipinski definition) is 0. The number of alkyl halides is 2. The minimum Gasteiger partial charge on any atom is -0.288 e. The van der Waals surface area contributed by atoms with Crippen molar-refractivity contribution in [2.45, 2.75) is 44.4 Å². The van der Waals surface area contributed by atoms with Crippen LogP contribution >= 0.6 is 0 Å². The maximum absolute atomic E-state index is 13.4. The van der Waals surface area contributed by atoms with Crippen molar-refractivity contribution in [3.63, 3.8) is 0 Å². The first-order valence-corrected chi connectivity index (χ1v) is 9.06. The second kappa shape index (κ2) is 7.02. The standard InChI is InChI=1S/C15H21F2NO3S/c1-11(12-6-4-3-5-7-12)18-9-8-13(21-22(2,19)20)10-14(18)15(16)17/h3-7,11,13-15H,8-10H2,1-2H3/t11-,13?,14-/m1/s1. The molecule has 1 aromatic rings. The van der Waals surface area contributed by atoms with Crippen LogP contribution in [0.5, 0.6) is 0 Å². The molecule has 1 saturated heterocycles. The molecule has 3 atom stereocenters. The molecule has 124 valence electrons. The lowest BCUT2D eigenvalue weighted by Crippen LogP contribution is -2.49. The van der Waals surface area contributed by atoms with Crippen LogP contribution in [-0.2, 0) is 14.3 Å². The molecule has 1 unspecified atom stereocenters. The fourth-order valence-corrected chi connectivity index (χ4v) is 3.64. The summed E-state index contributed by atoms with van der Waals surface area (Å²) < 4.78 is 54.1. The lowest BCUT2D eigenvalue weighted by Gasteiger charge is -2.42. The molecule has 0 aromatic heterocycles. The Morgan fingerprint density at radius 2 is 1.91 bits per heavy atom. The molecule has 7 heteroatoms. The van der Waals surface area contributed by atoms with Crippen molar-refractivity contribution in [1.29, 1.82) is 0 Å². The highest BCUT2D eigenvalue weighted by atomic mass is 32.2. The minimum atomic E-state index is -3.63. The van der Waals surface area contributed by atoms with E-state index in [2.05, 4.69) is 0 Å². The van der Waals surface area contributed by atoms with Crippen LogP contribution in [0.25, 0.3) is 0 Å². The summed E-state index contributed by atoms with van der Waals surface area (Å²) in [6, 6.07) is 8.30. The number of halogens is 2. The van der Waals surface area contributed by atoms with Gasteiger partial charge in [-0.2, -0.15) is 8.42 Å². The van der Waals surface area contributed by atoms with E-state index in [0.29, 0.717) is 13.0 Å². The van der Waals surface area contributed by atoms with Gasteiger partial charge in [0.2, 0.25) is 0 Å². The van der Waals surface area contributed by atoms with Gasteiger partial charge < -0.3 is 0 Å². The molecule has 0 amide bonds. The van der Waals surface area contributed by atoms with E-state index in [1.54, 1.807) is 4.90 Å². The van der Waals surface area contributed by atoms with Crippen LogP contribution in [0.3, 0.4) is 0 Å². The molecule has 0 radical (unpaired) electrons. The first-order chi connectivity index (χ1) is 10.3. The van der Waals surface area contributed by atoms with Crippen molar-refractivity contribution in [2.24, 2.45) is 0 Å². The average molecular weight is 333 g/mol. The summed E-state index contributed by atoms with van der Waals surface area (Å²) in [5, 5.41) is 0. The van der Waals surface area contributed by atoms with Gasteiger partial charge in [-0.15, -0.1) is 0 Å². The summed E-state index contributed by atoms with van der Waals surface area (Å²) in [6.07, 6.45) is -1.83. The molecule has 0 spiro atoms. The van der Waals surface area contributed by atoms with Crippen LogP contribution in [0.4, 0.5) is 8.78 Å². The van der Waals surface area contributed by atoms with Crippen LogP contribution in [0.15, 0.2) is 30.3 Å². The van der Waals surface area contributed by atoms with Crippen molar-refractivity contribution >= 4 is 10.1 Å². The third-order valence-electron chi connectivity index (χ3n) is 4.02. The van der Waals surface area contributed by atoms with E-state index in [1.807, 2.05) is 37.3 Å². The zero-order valence-corrected chi connectivity index (χ0v) is 13.5. The van der Waals surface area contributed by atoms with Crippen molar-refractivity contribution in [3.8, 4) is 0 Å². The van der Waals surface area contributed by atoms with E-state index < -0.39 is 28.7 Å². The highest BCUT2D eigenvalue weighted by Gasteiger charge is 2.38. The first kappa shape index (κ1) is 17.3. The van der Waals surface area contributed by atoms with Crippen molar-refractivity contribution in [3.05, 3.63) is 35.9 Å². The summed E-state index contributed by atoms with van der Waals surface area (Å²) in [5.74, 6) is 0. The summed E-state index contributed by atoms with van der Waals surface area (Å²) in [6.45, 7) is 2.27. The van der Waals surface area contributed by atoms with Crippen LogP contribution in [-0.4, -0.2) is 44.7 Å². The Morgan fingerprint density at radius 1 is 1.27 bits per heavy atom. The van der Waals surface area contributed by atoms with E-state index in [1.165, 1.54) is 0 Å². The normalized spacial score (nSPS) is 25.3. The Balaban J connectivity index is 2.12. The number of nitrogens with zero attached hydrogens (tertiary/aromatic N) is 1. The van der Waals surface area contributed by atoms with Gasteiger partial charge in [-0.1, -0.05) is 30.3 Å². The van der Waals surface area contributed by atoms with Gasteiger partial charge in [0.15, 0.2) is 0 Å². The van der Waals surface area contributed by atoms with E-state index in [0.717, 1.165) is 11.8 Å². The molecule has 1 aliphatic heterocycles. The quantitative estimate of drug-likeness (QED) is 0.778. The second-order valence-corrected chi connectivity index (χ2v) is 7.27. The Labute approximate surface area is 130 Å². The predicted octanol–water partition coefficient (Wildman–Crippen LogP) is 2.82. The zero-order chi connectivity index (χ0) is 16.3. The molecule has 1 heterocycles. The molecule has 1 aromatic carbocycles. The topological polar surface area (TPSA) is 46.6 Å². The number of benzene rings is 1. The molecule has 0 saturated carbocycles. The summed E-state index contributed by atoms with van der Waals surface area (Å²) in [7, 11) is -3.63. The lowest BCUT2D eigenvalue weighted by atomic mass is 9.95. The maximum atomic E-state index is 13.4. The minimum absolute atomic E-state index is 0.0158. The van der Waals surface area contributed by atoms with Crippen molar-refractivity contribution < 1.29 is 21.4 Å². The van der Waals surface area contributed by atoms with Gasteiger partial charge in [0.1, 0.15) is 0 Å². The first-order valence-electron chi connectivity index (χ1n) is 7.25. The van der Waals surface area contributed by atoms with Gasteiger partial charge in [0.05, 0.1) is 18.4 Å². The van der Waals surface area contributed by atoms with E-state index in [4.69, 9.17) is 4.18 Å². The predicted molar refractivity (Wildman–Crippen MR) is 80.3 cm³/mol. The van der Waals surface area contributed by atoms with Gasteiger partial charge in [-0.05, 0) is 25.3 Å². The van der Waals surface area contributed by atoms with Gasteiger partial charge >= 0.3 is 0 Å². The smallest absolute Gasteiger partial charge is 0.264 e. The molecular weight excluding hydrogens is 312 g/mol. The fourth-order valence-electron chi connectivity index (χ4n) is 2.97. The molecular formula is C15H21F2NO3S. The Kier molecular flexibility index (Phi) is 5.52. The van der Waals surface area contributed by atoms with Gasteiger partial charge in [-0.3, -0.25) is 9.08 Å². The van der Waals surface area contributed by atoms with E-state index in [-0.39, 0.29) is 12.5 Å². The van der Waals surface area contributed by atoms with Crippen LogP contribution < -0.4 is 0 Å². The summed E-state index contributed by atoms with van der Waals surface area (Å²) in [5.41, 5.74) is 0.968.